The fourth-order valence-corrected chi connectivity index (χ4v) is 2.25. The van der Waals surface area contributed by atoms with Crippen LogP contribution in [0, 0.1) is 0 Å². The summed E-state index contributed by atoms with van der Waals surface area (Å²) in [6.07, 6.45) is 5.88. The second kappa shape index (κ2) is 6.29. The molecular weight excluding hydrogens is 230 g/mol. The van der Waals surface area contributed by atoms with Crippen LogP contribution in [-0.4, -0.2) is 22.3 Å². The summed E-state index contributed by atoms with van der Waals surface area (Å²) in [4.78, 5) is 4.30. The van der Waals surface area contributed by atoms with Crippen LogP contribution in [0.2, 0.25) is 0 Å². The summed E-state index contributed by atoms with van der Waals surface area (Å²) < 4.78 is 11.0. The Hall–Kier alpha value is -0.940. The van der Waals surface area contributed by atoms with Gasteiger partial charge in [-0.2, -0.15) is 4.98 Å². The molecule has 0 radical (unpaired) electrons. The maximum absolute atomic E-state index is 6.11. The summed E-state index contributed by atoms with van der Waals surface area (Å²) in [5, 5.41) is 3.92. The predicted molar refractivity (Wildman–Crippen MR) is 68.0 cm³/mol. The van der Waals surface area contributed by atoms with Crippen LogP contribution in [0.15, 0.2) is 4.52 Å². The molecule has 2 N–H and O–H groups in total. The summed E-state index contributed by atoms with van der Waals surface area (Å²) in [6.45, 7) is 4.45. The van der Waals surface area contributed by atoms with Crippen LogP contribution >= 0.6 is 0 Å². The third-order valence-corrected chi connectivity index (χ3v) is 3.41. The number of nitrogens with zero attached hydrogens (tertiary/aromatic N) is 2. The molecule has 1 aliphatic carbocycles. The zero-order valence-electron chi connectivity index (χ0n) is 11.3. The second-order valence-electron chi connectivity index (χ2n) is 5.35. The Morgan fingerprint density at radius 2 is 2.11 bits per heavy atom. The van der Waals surface area contributed by atoms with Gasteiger partial charge in [0.15, 0.2) is 5.82 Å². The normalized spacial score (nSPS) is 25.3. The van der Waals surface area contributed by atoms with Crippen LogP contribution in [-0.2, 0) is 11.3 Å². The van der Waals surface area contributed by atoms with Crippen molar-refractivity contribution in [3.63, 3.8) is 0 Å². The summed E-state index contributed by atoms with van der Waals surface area (Å²) in [5.41, 5.74) is 6.11. The van der Waals surface area contributed by atoms with E-state index >= 15 is 0 Å². The fraction of sp³-hybridized carbons (Fsp3) is 0.846. The van der Waals surface area contributed by atoms with Crippen molar-refractivity contribution in [3.05, 3.63) is 11.7 Å². The Morgan fingerprint density at radius 1 is 1.33 bits per heavy atom. The minimum Gasteiger partial charge on any atom is -0.368 e. The maximum Gasteiger partial charge on any atom is 0.229 e. The van der Waals surface area contributed by atoms with Crippen molar-refractivity contribution >= 4 is 0 Å². The van der Waals surface area contributed by atoms with Gasteiger partial charge in [0.2, 0.25) is 5.89 Å². The standard InChI is InChI=1S/C13H23N3O2/c1-9(2)13-15-12(16-18-13)8-17-11-7-5-3-4-6-10(11)14/h9-11H,3-8,14H2,1-2H3. The highest BCUT2D eigenvalue weighted by molar-refractivity contribution is 4.89. The van der Waals surface area contributed by atoms with Crippen LogP contribution in [0.25, 0.3) is 0 Å². The predicted octanol–water partition coefficient (Wildman–Crippen LogP) is 2.37. The number of nitrogens with two attached hydrogens (primary N) is 1. The first kappa shape index (κ1) is 13.5. The molecule has 1 fully saturated rings. The molecule has 2 unspecified atom stereocenters. The number of aromatic nitrogens is 2. The molecular formula is C13H23N3O2. The molecule has 1 aromatic rings. The van der Waals surface area contributed by atoms with E-state index < -0.39 is 0 Å². The molecule has 5 heteroatoms. The van der Waals surface area contributed by atoms with Gasteiger partial charge in [-0.15, -0.1) is 0 Å². The van der Waals surface area contributed by atoms with E-state index in [-0.39, 0.29) is 18.1 Å². The van der Waals surface area contributed by atoms with Gasteiger partial charge in [-0.05, 0) is 12.8 Å². The molecule has 0 aromatic carbocycles. The van der Waals surface area contributed by atoms with Gasteiger partial charge < -0.3 is 15.0 Å². The number of hydrogen-bond acceptors (Lipinski definition) is 5. The van der Waals surface area contributed by atoms with E-state index in [2.05, 4.69) is 10.1 Å². The highest BCUT2D eigenvalue weighted by atomic mass is 16.5. The largest absolute Gasteiger partial charge is 0.368 e. The quantitative estimate of drug-likeness (QED) is 0.834. The van der Waals surface area contributed by atoms with Gasteiger partial charge in [0, 0.05) is 12.0 Å². The van der Waals surface area contributed by atoms with Crippen molar-refractivity contribution in [2.45, 2.75) is 70.6 Å². The van der Waals surface area contributed by atoms with Crippen LogP contribution in [0.4, 0.5) is 0 Å². The third-order valence-electron chi connectivity index (χ3n) is 3.41. The molecule has 0 saturated heterocycles. The summed E-state index contributed by atoms with van der Waals surface area (Å²) in [5.74, 6) is 1.54. The Balaban J connectivity index is 1.85. The molecule has 1 aromatic heterocycles. The van der Waals surface area contributed by atoms with Crippen molar-refractivity contribution in [2.24, 2.45) is 5.73 Å². The molecule has 1 saturated carbocycles. The first-order valence-electron chi connectivity index (χ1n) is 6.86. The molecule has 18 heavy (non-hydrogen) atoms. The van der Waals surface area contributed by atoms with Crippen molar-refractivity contribution in [1.29, 1.82) is 0 Å². The van der Waals surface area contributed by atoms with E-state index in [1.165, 1.54) is 19.3 Å². The topological polar surface area (TPSA) is 74.2 Å². The van der Waals surface area contributed by atoms with Crippen molar-refractivity contribution in [3.8, 4) is 0 Å². The zero-order valence-corrected chi connectivity index (χ0v) is 11.3. The number of hydrogen-bond donors (Lipinski definition) is 1. The Labute approximate surface area is 108 Å². The lowest BCUT2D eigenvalue weighted by molar-refractivity contribution is 0.0152. The van der Waals surface area contributed by atoms with Crippen LogP contribution < -0.4 is 5.73 Å². The van der Waals surface area contributed by atoms with Crippen LogP contribution in [0.5, 0.6) is 0 Å². The van der Waals surface area contributed by atoms with Gasteiger partial charge in [-0.25, -0.2) is 0 Å². The maximum atomic E-state index is 6.11. The smallest absolute Gasteiger partial charge is 0.229 e. The van der Waals surface area contributed by atoms with E-state index in [1.54, 1.807) is 0 Å². The third kappa shape index (κ3) is 3.53. The average molecular weight is 253 g/mol. The highest BCUT2D eigenvalue weighted by Gasteiger charge is 2.21. The summed E-state index contributed by atoms with van der Waals surface area (Å²) in [7, 11) is 0. The van der Waals surface area contributed by atoms with Gasteiger partial charge in [0.25, 0.3) is 0 Å². The Kier molecular flexibility index (Phi) is 4.72. The minimum atomic E-state index is 0.133. The molecule has 1 aliphatic rings. The fourth-order valence-electron chi connectivity index (χ4n) is 2.25. The highest BCUT2D eigenvalue weighted by Crippen LogP contribution is 2.20. The average Bonchev–Trinajstić information content (AvgIpc) is 2.72. The molecule has 1 heterocycles. The van der Waals surface area contributed by atoms with E-state index in [0.717, 1.165) is 12.8 Å². The molecule has 5 nitrogen and oxygen atoms in total. The van der Waals surface area contributed by atoms with Gasteiger partial charge in [0.05, 0.1) is 6.10 Å². The molecule has 0 spiro atoms. The van der Waals surface area contributed by atoms with Crippen molar-refractivity contribution in [2.75, 3.05) is 0 Å². The number of rotatable bonds is 4. The zero-order chi connectivity index (χ0) is 13.0. The molecule has 0 bridgehead atoms. The first-order valence-corrected chi connectivity index (χ1v) is 6.86. The van der Waals surface area contributed by atoms with E-state index in [4.69, 9.17) is 15.0 Å². The molecule has 0 aliphatic heterocycles. The van der Waals surface area contributed by atoms with Crippen LogP contribution in [0.1, 0.15) is 63.6 Å². The van der Waals surface area contributed by atoms with Crippen molar-refractivity contribution in [1.82, 2.24) is 10.1 Å². The van der Waals surface area contributed by atoms with E-state index in [0.29, 0.717) is 18.3 Å². The van der Waals surface area contributed by atoms with Crippen LogP contribution in [0.3, 0.4) is 0 Å². The lowest BCUT2D eigenvalue weighted by atomic mass is 10.1. The SMILES string of the molecule is CC(C)c1nc(COC2CCCCCC2N)no1. The first-order chi connectivity index (χ1) is 8.66. The van der Waals surface area contributed by atoms with E-state index in [1.807, 2.05) is 13.8 Å². The molecule has 2 atom stereocenters. The molecule has 2 rings (SSSR count). The summed E-state index contributed by atoms with van der Waals surface area (Å²) >= 11 is 0. The van der Waals surface area contributed by atoms with Gasteiger partial charge in [-0.1, -0.05) is 38.3 Å². The van der Waals surface area contributed by atoms with E-state index in [9.17, 15) is 0 Å². The Bertz CT molecular complexity index is 365. The lowest BCUT2D eigenvalue weighted by Gasteiger charge is -2.20. The van der Waals surface area contributed by atoms with Gasteiger partial charge >= 0.3 is 0 Å². The lowest BCUT2D eigenvalue weighted by Crippen LogP contribution is -2.35. The Morgan fingerprint density at radius 3 is 2.83 bits per heavy atom. The monoisotopic (exact) mass is 253 g/mol. The number of ether oxygens (including phenoxy) is 1. The van der Waals surface area contributed by atoms with Crippen molar-refractivity contribution < 1.29 is 9.26 Å². The minimum absolute atomic E-state index is 0.133. The molecule has 102 valence electrons. The second-order valence-corrected chi connectivity index (χ2v) is 5.35. The summed E-state index contributed by atoms with van der Waals surface area (Å²) in [6, 6.07) is 0.143. The van der Waals surface area contributed by atoms with Gasteiger partial charge in [0.1, 0.15) is 6.61 Å². The van der Waals surface area contributed by atoms with Gasteiger partial charge in [-0.3, -0.25) is 0 Å². The molecule has 0 amide bonds.